The lowest BCUT2D eigenvalue weighted by molar-refractivity contribution is 0.607. The van der Waals surface area contributed by atoms with Gasteiger partial charge in [-0.15, -0.1) is 0 Å². The van der Waals surface area contributed by atoms with Crippen molar-refractivity contribution in [3.63, 3.8) is 0 Å². The second kappa shape index (κ2) is 5.67. The van der Waals surface area contributed by atoms with Crippen LogP contribution in [0.2, 0.25) is 5.02 Å². The molecule has 0 N–H and O–H groups in total. The molecule has 1 aromatic heterocycles. The van der Waals surface area contributed by atoms with Crippen molar-refractivity contribution < 1.29 is 8.42 Å². The molecular formula is C12H11BrCl2N2O2S. The molecule has 1 heterocycles. The number of hydrogen-bond donors (Lipinski definition) is 0. The molecule has 0 aliphatic carbocycles. The number of benzene rings is 1. The molecule has 0 amide bonds. The summed E-state index contributed by atoms with van der Waals surface area (Å²) in [6.45, 7) is 3.66. The quantitative estimate of drug-likeness (QED) is 0.738. The Labute approximate surface area is 135 Å². The zero-order valence-electron chi connectivity index (χ0n) is 10.7. The molecule has 4 nitrogen and oxygen atoms in total. The maximum Gasteiger partial charge on any atom is 0.264 e. The number of hydrogen-bond acceptors (Lipinski definition) is 3. The van der Waals surface area contributed by atoms with Gasteiger partial charge in [0.05, 0.1) is 17.9 Å². The van der Waals surface area contributed by atoms with Crippen molar-refractivity contribution in [2.45, 2.75) is 25.3 Å². The zero-order valence-corrected chi connectivity index (χ0v) is 14.6. The predicted molar refractivity (Wildman–Crippen MR) is 83.0 cm³/mol. The monoisotopic (exact) mass is 396 g/mol. The van der Waals surface area contributed by atoms with Gasteiger partial charge >= 0.3 is 0 Å². The Morgan fingerprint density at radius 2 is 2.00 bits per heavy atom. The maximum absolute atomic E-state index is 11.5. The molecule has 0 atom stereocenters. The van der Waals surface area contributed by atoms with Gasteiger partial charge in [0, 0.05) is 20.2 Å². The molecule has 0 radical (unpaired) electrons. The van der Waals surface area contributed by atoms with Gasteiger partial charge in [-0.05, 0) is 31.5 Å². The summed E-state index contributed by atoms with van der Waals surface area (Å²) in [5.41, 5.74) is 1.72. The topological polar surface area (TPSA) is 52.0 Å². The standard InChI is InChI=1S/C12H11BrCl2N2O2S/c1-7-12(20(15,18)19)8(2)17(16-7)6-9-3-4-10(13)5-11(9)14/h3-5H,6H2,1-2H3. The Hall–Kier alpha value is -0.560. The minimum absolute atomic E-state index is 0.0624. The number of rotatable bonds is 3. The van der Waals surface area contributed by atoms with Gasteiger partial charge in [-0.3, -0.25) is 4.68 Å². The van der Waals surface area contributed by atoms with Crippen LogP contribution in [-0.2, 0) is 15.6 Å². The number of nitrogens with zero attached hydrogens (tertiary/aromatic N) is 2. The molecule has 108 valence electrons. The molecule has 0 aliphatic rings. The first-order valence-electron chi connectivity index (χ1n) is 5.62. The lowest BCUT2D eigenvalue weighted by atomic mass is 10.2. The van der Waals surface area contributed by atoms with Crippen LogP contribution >= 0.6 is 38.2 Å². The molecule has 8 heteroatoms. The van der Waals surface area contributed by atoms with Crippen molar-refractivity contribution in [3.8, 4) is 0 Å². The first-order chi connectivity index (χ1) is 9.20. The van der Waals surface area contributed by atoms with Crippen LogP contribution in [0.3, 0.4) is 0 Å². The van der Waals surface area contributed by atoms with Gasteiger partial charge in [0.25, 0.3) is 9.05 Å². The van der Waals surface area contributed by atoms with E-state index in [9.17, 15) is 8.42 Å². The first kappa shape index (κ1) is 15.8. The minimum Gasteiger partial charge on any atom is -0.264 e. The van der Waals surface area contributed by atoms with E-state index in [4.69, 9.17) is 22.3 Å². The molecule has 0 saturated carbocycles. The van der Waals surface area contributed by atoms with Crippen molar-refractivity contribution in [1.82, 2.24) is 9.78 Å². The second-order valence-electron chi connectivity index (χ2n) is 4.33. The van der Waals surface area contributed by atoms with Crippen LogP contribution in [0.15, 0.2) is 27.6 Å². The molecule has 0 bridgehead atoms. The molecular weight excluding hydrogens is 387 g/mol. The molecule has 1 aromatic carbocycles. The summed E-state index contributed by atoms with van der Waals surface area (Å²) < 4.78 is 25.5. The van der Waals surface area contributed by atoms with Crippen LogP contribution in [0.25, 0.3) is 0 Å². The third kappa shape index (κ3) is 3.19. The maximum atomic E-state index is 11.5. The predicted octanol–water partition coefficient (Wildman–Crippen LogP) is 3.89. The zero-order chi connectivity index (χ0) is 15.1. The molecule has 0 spiro atoms. The average molecular weight is 398 g/mol. The summed E-state index contributed by atoms with van der Waals surface area (Å²) in [6.07, 6.45) is 0. The van der Waals surface area contributed by atoms with Gasteiger partial charge < -0.3 is 0 Å². The van der Waals surface area contributed by atoms with Gasteiger partial charge in [0.15, 0.2) is 0 Å². The largest absolute Gasteiger partial charge is 0.264 e. The Morgan fingerprint density at radius 1 is 1.35 bits per heavy atom. The van der Waals surface area contributed by atoms with Crippen molar-refractivity contribution >= 4 is 47.3 Å². The van der Waals surface area contributed by atoms with E-state index in [-0.39, 0.29) is 4.90 Å². The van der Waals surface area contributed by atoms with E-state index in [1.165, 1.54) is 0 Å². The molecule has 0 unspecified atom stereocenters. The van der Waals surface area contributed by atoms with Crippen LogP contribution < -0.4 is 0 Å². The summed E-state index contributed by atoms with van der Waals surface area (Å²) in [7, 11) is 1.62. The number of halogens is 3. The van der Waals surface area contributed by atoms with Crippen molar-refractivity contribution in [2.75, 3.05) is 0 Å². The van der Waals surface area contributed by atoms with Crippen LogP contribution in [0.1, 0.15) is 17.0 Å². The highest BCUT2D eigenvalue weighted by atomic mass is 79.9. The second-order valence-corrected chi connectivity index (χ2v) is 8.16. The van der Waals surface area contributed by atoms with E-state index < -0.39 is 9.05 Å². The normalized spacial score (nSPS) is 11.8. The Balaban J connectivity index is 2.46. The highest BCUT2D eigenvalue weighted by Crippen LogP contribution is 2.26. The van der Waals surface area contributed by atoms with E-state index >= 15 is 0 Å². The van der Waals surface area contributed by atoms with Crippen LogP contribution in [0.4, 0.5) is 0 Å². The average Bonchev–Trinajstić information content (AvgIpc) is 2.57. The van der Waals surface area contributed by atoms with Crippen LogP contribution in [-0.4, -0.2) is 18.2 Å². The van der Waals surface area contributed by atoms with E-state index in [0.29, 0.717) is 23.0 Å². The van der Waals surface area contributed by atoms with Crippen molar-refractivity contribution in [3.05, 3.63) is 44.6 Å². The third-order valence-electron chi connectivity index (χ3n) is 2.89. The summed E-state index contributed by atoms with van der Waals surface area (Å²) in [4.78, 5) is 0.0624. The molecule has 0 aliphatic heterocycles. The van der Waals surface area contributed by atoms with E-state index in [0.717, 1.165) is 10.0 Å². The summed E-state index contributed by atoms with van der Waals surface area (Å²) in [6, 6.07) is 5.51. The third-order valence-corrected chi connectivity index (χ3v) is 5.28. The van der Waals surface area contributed by atoms with Gasteiger partial charge in [-0.25, -0.2) is 8.42 Å². The van der Waals surface area contributed by atoms with E-state index in [1.807, 2.05) is 12.1 Å². The van der Waals surface area contributed by atoms with Gasteiger partial charge in [-0.1, -0.05) is 33.6 Å². The Morgan fingerprint density at radius 3 is 2.50 bits per heavy atom. The van der Waals surface area contributed by atoms with Gasteiger partial charge in [0.1, 0.15) is 4.90 Å². The smallest absolute Gasteiger partial charge is 0.264 e. The van der Waals surface area contributed by atoms with Gasteiger partial charge in [0.2, 0.25) is 0 Å². The lowest BCUT2D eigenvalue weighted by Gasteiger charge is -2.07. The molecule has 2 aromatic rings. The van der Waals surface area contributed by atoms with E-state index in [1.54, 1.807) is 24.6 Å². The molecule has 20 heavy (non-hydrogen) atoms. The first-order valence-corrected chi connectivity index (χ1v) is 9.11. The van der Waals surface area contributed by atoms with Crippen LogP contribution in [0, 0.1) is 13.8 Å². The highest BCUT2D eigenvalue weighted by Gasteiger charge is 2.22. The Bertz CT molecular complexity index is 772. The fraction of sp³-hybridized carbons (Fsp3) is 0.250. The molecule has 0 fully saturated rings. The fourth-order valence-corrected chi connectivity index (χ4v) is 4.25. The SMILES string of the molecule is Cc1nn(Cc2ccc(Br)cc2Cl)c(C)c1S(=O)(=O)Cl. The molecule has 0 saturated heterocycles. The van der Waals surface area contributed by atoms with Gasteiger partial charge in [-0.2, -0.15) is 5.10 Å². The minimum atomic E-state index is -3.80. The number of aryl methyl sites for hydroxylation is 1. The molecule has 2 rings (SSSR count). The highest BCUT2D eigenvalue weighted by molar-refractivity contribution is 9.10. The summed E-state index contributed by atoms with van der Waals surface area (Å²) in [5.74, 6) is 0. The van der Waals surface area contributed by atoms with Crippen molar-refractivity contribution in [1.29, 1.82) is 0 Å². The van der Waals surface area contributed by atoms with Crippen molar-refractivity contribution in [2.24, 2.45) is 0 Å². The fourth-order valence-electron chi connectivity index (χ4n) is 2.00. The Kier molecular flexibility index (Phi) is 4.49. The lowest BCUT2D eigenvalue weighted by Crippen LogP contribution is -2.05. The summed E-state index contributed by atoms with van der Waals surface area (Å²) in [5, 5.41) is 4.80. The van der Waals surface area contributed by atoms with E-state index in [2.05, 4.69) is 21.0 Å². The summed E-state index contributed by atoms with van der Waals surface area (Å²) >= 11 is 9.49. The van der Waals surface area contributed by atoms with Crippen LogP contribution in [0.5, 0.6) is 0 Å². The number of aromatic nitrogens is 2.